The van der Waals surface area contributed by atoms with Crippen molar-refractivity contribution in [2.45, 2.75) is 19.4 Å². The highest BCUT2D eigenvalue weighted by molar-refractivity contribution is 6.08. The van der Waals surface area contributed by atoms with Gasteiger partial charge < -0.3 is 15.1 Å². The van der Waals surface area contributed by atoms with Crippen LogP contribution in [0.5, 0.6) is 0 Å². The van der Waals surface area contributed by atoms with Crippen LogP contribution in [-0.2, 0) is 9.59 Å². The van der Waals surface area contributed by atoms with E-state index in [2.05, 4.69) is 5.32 Å². The Kier molecular flexibility index (Phi) is 3.22. The maximum absolute atomic E-state index is 12.4. The van der Waals surface area contributed by atoms with Crippen LogP contribution in [0.15, 0.2) is 24.3 Å². The second-order valence-electron chi connectivity index (χ2n) is 5.48. The average Bonchev–Trinajstić information content (AvgIpc) is 2.33. The molecule has 0 spiro atoms. The summed E-state index contributed by atoms with van der Waals surface area (Å²) in [4.78, 5) is 27.6. The minimum atomic E-state index is -0.858. The fourth-order valence-electron chi connectivity index (χ4n) is 2.14. The van der Waals surface area contributed by atoms with E-state index in [9.17, 15) is 9.59 Å². The normalized spacial score (nSPS) is 18.2. The number of hydrogen-bond donors (Lipinski definition) is 1. The number of nitrogens with zero attached hydrogens (tertiary/aromatic N) is 2. The van der Waals surface area contributed by atoms with E-state index in [1.165, 1.54) is 4.90 Å². The van der Waals surface area contributed by atoms with Crippen LogP contribution in [0.25, 0.3) is 0 Å². The van der Waals surface area contributed by atoms with Crippen molar-refractivity contribution in [3.8, 4) is 0 Å². The summed E-state index contributed by atoms with van der Waals surface area (Å²) in [6.45, 7) is 3.50. The van der Waals surface area contributed by atoms with Crippen molar-refractivity contribution in [2.24, 2.45) is 0 Å². The number of amides is 2. The minimum absolute atomic E-state index is 0.0686. The molecule has 1 N–H and O–H groups in total. The van der Waals surface area contributed by atoms with Gasteiger partial charge in [-0.25, -0.2) is 0 Å². The SMILES string of the molecule is CN(C)c1cccc(N2CC(=O)NC(C)(C)C2=O)c1. The third-order valence-corrected chi connectivity index (χ3v) is 3.19. The van der Waals surface area contributed by atoms with Gasteiger partial charge in [-0.3, -0.25) is 9.59 Å². The highest BCUT2D eigenvalue weighted by atomic mass is 16.2. The van der Waals surface area contributed by atoms with Gasteiger partial charge >= 0.3 is 0 Å². The molecule has 1 aromatic carbocycles. The van der Waals surface area contributed by atoms with Crippen molar-refractivity contribution in [3.05, 3.63) is 24.3 Å². The molecular weight excluding hydrogens is 242 g/mol. The summed E-state index contributed by atoms with van der Waals surface area (Å²) in [5.74, 6) is -0.233. The van der Waals surface area contributed by atoms with Gasteiger partial charge in [-0.15, -0.1) is 0 Å². The number of benzene rings is 1. The van der Waals surface area contributed by atoms with Gasteiger partial charge in [-0.2, -0.15) is 0 Å². The van der Waals surface area contributed by atoms with Gasteiger partial charge in [0.25, 0.3) is 5.91 Å². The molecule has 0 saturated carbocycles. The van der Waals surface area contributed by atoms with Crippen molar-refractivity contribution in [3.63, 3.8) is 0 Å². The van der Waals surface area contributed by atoms with Crippen LogP contribution in [0.1, 0.15) is 13.8 Å². The predicted octanol–water partition coefficient (Wildman–Crippen LogP) is 0.994. The highest BCUT2D eigenvalue weighted by Gasteiger charge is 2.39. The Bertz CT molecular complexity index is 523. The molecule has 0 aliphatic carbocycles. The number of rotatable bonds is 2. The molecule has 2 rings (SSSR count). The van der Waals surface area contributed by atoms with E-state index in [1.807, 2.05) is 43.3 Å². The van der Waals surface area contributed by atoms with E-state index < -0.39 is 5.54 Å². The largest absolute Gasteiger partial charge is 0.378 e. The predicted molar refractivity (Wildman–Crippen MR) is 75.3 cm³/mol. The Hall–Kier alpha value is -2.04. The van der Waals surface area contributed by atoms with E-state index in [1.54, 1.807) is 13.8 Å². The molecule has 1 fully saturated rings. The van der Waals surface area contributed by atoms with Gasteiger partial charge in [0.15, 0.2) is 0 Å². The summed E-state index contributed by atoms with van der Waals surface area (Å²) in [5.41, 5.74) is 0.886. The minimum Gasteiger partial charge on any atom is -0.378 e. The Balaban J connectivity index is 2.37. The van der Waals surface area contributed by atoms with Crippen LogP contribution >= 0.6 is 0 Å². The summed E-state index contributed by atoms with van der Waals surface area (Å²) in [6.07, 6.45) is 0. The lowest BCUT2D eigenvalue weighted by Crippen LogP contribution is -2.64. The summed E-state index contributed by atoms with van der Waals surface area (Å²) in [6, 6.07) is 7.60. The van der Waals surface area contributed by atoms with Crippen molar-refractivity contribution in [1.29, 1.82) is 0 Å². The summed E-state index contributed by atoms with van der Waals surface area (Å²) in [5, 5.41) is 2.70. The second-order valence-corrected chi connectivity index (χ2v) is 5.48. The molecule has 1 aliphatic heterocycles. The first-order chi connectivity index (χ1) is 8.81. The second kappa shape index (κ2) is 4.57. The molecule has 1 saturated heterocycles. The van der Waals surface area contributed by atoms with Crippen molar-refractivity contribution >= 4 is 23.2 Å². The summed E-state index contributed by atoms with van der Waals surface area (Å²) < 4.78 is 0. The van der Waals surface area contributed by atoms with E-state index >= 15 is 0 Å². The van der Waals surface area contributed by atoms with Gasteiger partial charge in [0.05, 0.1) is 0 Å². The van der Waals surface area contributed by atoms with Crippen molar-refractivity contribution < 1.29 is 9.59 Å². The molecule has 19 heavy (non-hydrogen) atoms. The number of nitrogens with one attached hydrogen (secondary N) is 1. The Labute approximate surface area is 113 Å². The highest BCUT2D eigenvalue weighted by Crippen LogP contribution is 2.25. The molecule has 0 bridgehead atoms. The molecule has 102 valence electrons. The monoisotopic (exact) mass is 261 g/mol. The molecule has 1 aromatic rings. The first-order valence-electron chi connectivity index (χ1n) is 6.21. The average molecular weight is 261 g/mol. The first-order valence-corrected chi connectivity index (χ1v) is 6.21. The number of piperazine rings is 1. The Morgan fingerprint density at radius 1 is 1.26 bits per heavy atom. The van der Waals surface area contributed by atoms with Crippen LogP contribution in [-0.4, -0.2) is 38.0 Å². The standard InChI is InChI=1S/C14H19N3O2/c1-14(2)13(19)17(9-12(18)15-14)11-7-5-6-10(8-11)16(3)4/h5-8H,9H2,1-4H3,(H,15,18). The smallest absolute Gasteiger partial charge is 0.252 e. The van der Waals surface area contributed by atoms with Gasteiger partial charge in [0, 0.05) is 25.5 Å². The molecule has 1 aliphatic rings. The van der Waals surface area contributed by atoms with E-state index in [0.29, 0.717) is 0 Å². The van der Waals surface area contributed by atoms with Crippen molar-refractivity contribution in [1.82, 2.24) is 5.32 Å². The Morgan fingerprint density at radius 3 is 2.58 bits per heavy atom. The summed E-state index contributed by atoms with van der Waals surface area (Å²) in [7, 11) is 3.88. The maximum Gasteiger partial charge on any atom is 0.252 e. The molecule has 0 atom stereocenters. The molecule has 0 radical (unpaired) electrons. The van der Waals surface area contributed by atoms with Crippen LogP contribution in [0.3, 0.4) is 0 Å². The Morgan fingerprint density at radius 2 is 1.95 bits per heavy atom. The topological polar surface area (TPSA) is 52.6 Å². The molecule has 0 aromatic heterocycles. The van der Waals surface area contributed by atoms with E-state index in [-0.39, 0.29) is 18.4 Å². The van der Waals surface area contributed by atoms with Crippen LogP contribution < -0.4 is 15.1 Å². The lowest BCUT2D eigenvalue weighted by atomic mass is 10.00. The number of anilines is 2. The zero-order chi connectivity index (χ0) is 14.2. The first kappa shape index (κ1) is 13.4. The lowest BCUT2D eigenvalue weighted by molar-refractivity contribution is -0.134. The third kappa shape index (κ3) is 2.54. The third-order valence-electron chi connectivity index (χ3n) is 3.19. The molecule has 5 heteroatoms. The molecule has 0 unspecified atom stereocenters. The summed E-state index contributed by atoms with van der Waals surface area (Å²) >= 11 is 0. The number of carbonyl (C=O) groups is 2. The zero-order valence-electron chi connectivity index (χ0n) is 11.7. The van der Waals surface area contributed by atoms with E-state index in [4.69, 9.17) is 0 Å². The van der Waals surface area contributed by atoms with E-state index in [0.717, 1.165) is 11.4 Å². The molecular formula is C14H19N3O2. The fourth-order valence-corrected chi connectivity index (χ4v) is 2.14. The van der Waals surface area contributed by atoms with Crippen LogP contribution in [0.4, 0.5) is 11.4 Å². The fraction of sp³-hybridized carbons (Fsp3) is 0.429. The van der Waals surface area contributed by atoms with Crippen LogP contribution in [0.2, 0.25) is 0 Å². The number of carbonyl (C=O) groups excluding carboxylic acids is 2. The molecule has 2 amide bonds. The number of hydrogen-bond acceptors (Lipinski definition) is 3. The maximum atomic E-state index is 12.4. The van der Waals surface area contributed by atoms with Gasteiger partial charge in [0.1, 0.15) is 12.1 Å². The quantitative estimate of drug-likeness (QED) is 0.864. The molecule has 5 nitrogen and oxygen atoms in total. The lowest BCUT2D eigenvalue weighted by Gasteiger charge is -2.37. The van der Waals surface area contributed by atoms with Crippen molar-refractivity contribution in [2.75, 3.05) is 30.4 Å². The van der Waals surface area contributed by atoms with Crippen LogP contribution in [0, 0.1) is 0 Å². The van der Waals surface area contributed by atoms with Gasteiger partial charge in [-0.05, 0) is 32.0 Å². The zero-order valence-corrected chi connectivity index (χ0v) is 11.7. The van der Waals surface area contributed by atoms with Gasteiger partial charge in [0.2, 0.25) is 5.91 Å². The molecule has 1 heterocycles. The van der Waals surface area contributed by atoms with Gasteiger partial charge in [-0.1, -0.05) is 6.07 Å².